The Morgan fingerprint density at radius 1 is 1.00 bits per heavy atom. The van der Waals surface area contributed by atoms with Crippen LogP contribution in [0.25, 0.3) is 0 Å². The highest BCUT2D eigenvalue weighted by atomic mass is 16.7. The summed E-state index contributed by atoms with van der Waals surface area (Å²) in [4.78, 5) is 0. The van der Waals surface area contributed by atoms with Gasteiger partial charge in [-0.3, -0.25) is 0 Å². The summed E-state index contributed by atoms with van der Waals surface area (Å²) < 4.78 is 22.5. The number of hydrogen-bond acceptors (Lipinski definition) is 4. The Balaban J connectivity index is 1.83. The van der Waals surface area contributed by atoms with Gasteiger partial charge >= 0.3 is 14.2 Å². The Kier molecular flexibility index (Phi) is 4.08. The van der Waals surface area contributed by atoms with Gasteiger partial charge in [-0.1, -0.05) is 13.8 Å². The molecule has 0 aromatic heterocycles. The van der Waals surface area contributed by atoms with Crippen molar-refractivity contribution in [3.05, 3.63) is 0 Å². The molecule has 2 unspecified atom stereocenters. The van der Waals surface area contributed by atoms with Crippen LogP contribution in [0.5, 0.6) is 0 Å². The minimum Gasteiger partial charge on any atom is -0.411 e. The van der Waals surface area contributed by atoms with Crippen molar-refractivity contribution in [2.45, 2.75) is 45.1 Å². The molecule has 2 saturated heterocycles. The second kappa shape index (κ2) is 5.34. The lowest BCUT2D eigenvalue weighted by molar-refractivity contribution is -0.00125. The van der Waals surface area contributed by atoms with Crippen molar-refractivity contribution >= 4 is 14.2 Å². The van der Waals surface area contributed by atoms with E-state index in [-0.39, 0.29) is 26.4 Å². The molecule has 0 radical (unpaired) electrons. The maximum absolute atomic E-state index is 5.79. The zero-order valence-corrected chi connectivity index (χ0v) is 9.48. The Bertz CT molecular complexity index is 205. The van der Waals surface area contributed by atoms with Crippen LogP contribution in [0.15, 0.2) is 0 Å². The normalized spacial score (nSPS) is 32.4. The molecule has 0 amide bonds. The molecule has 4 nitrogen and oxygen atoms in total. The summed E-state index contributed by atoms with van der Waals surface area (Å²) in [6, 6.07) is 0. The molecule has 2 fully saturated rings. The molecular weight excluding hydrogens is 194 g/mol. The highest BCUT2D eigenvalue weighted by Gasteiger charge is 2.38. The summed E-state index contributed by atoms with van der Waals surface area (Å²) in [7, 11) is -0.102. The van der Waals surface area contributed by atoms with Gasteiger partial charge in [-0.15, -0.1) is 0 Å². The second-order valence-electron chi connectivity index (χ2n) is 4.02. The zero-order valence-electron chi connectivity index (χ0n) is 9.48. The van der Waals surface area contributed by atoms with E-state index in [1.165, 1.54) is 0 Å². The van der Waals surface area contributed by atoms with E-state index in [1.807, 2.05) is 0 Å². The van der Waals surface area contributed by atoms with Gasteiger partial charge in [0, 0.05) is 6.61 Å². The second-order valence-corrected chi connectivity index (χ2v) is 4.02. The molecule has 2 rings (SSSR count). The summed E-state index contributed by atoms with van der Waals surface area (Å²) in [5.41, 5.74) is 0. The Morgan fingerprint density at radius 3 is 2.33 bits per heavy atom. The van der Waals surface area contributed by atoms with E-state index in [1.54, 1.807) is 0 Å². The smallest absolute Gasteiger partial charge is 0.411 e. The van der Waals surface area contributed by atoms with Crippen LogP contribution in [0.4, 0.5) is 0 Å². The molecule has 0 N–H and O–H groups in total. The number of hydrogen-bond donors (Lipinski definition) is 0. The summed E-state index contributed by atoms with van der Waals surface area (Å²) in [5, 5.41) is 0. The van der Waals surface area contributed by atoms with Crippen molar-refractivity contribution in [3.8, 4) is 0 Å². The summed E-state index contributed by atoms with van der Waals surface area (Å²) >= 11 is 0. The van der Waals surface area contributed by atoms with Crippen LogP contribution in [0.1, 0.15) is 20.3 Å². The monoisotopic (exact) mass is 212 g/mol. The standard InChI is InChI=1S/C9H18B2O4/c1-3-10-12-6-5-8(14-10)9-7-13-11(4-2)15-9/h8-9H,3-7H2,1-2H3. The Labute approximate surface area is 91.9 Å². The van der Waals surface area contributed by atoms with E-state index in [4.69, 9.17) is 18.6 Å². The van der Waals surface area contributed by atoms with Gasteiger partial charge in [-0.2, -0.15) is 0 Å². The molecule has 15 heavy (non-hydrogen) atoms. The fourth-order valence-electron chi connectivity index (χ4n) is 1.99. The predicted molar refractivity (Wildman–Crippen MR) is 58.7 cm³/mol. The van der Waals surface area contributed by atoms with Gasteiger partial charge in [-0.25, -0.2) is 0 Å². The van der Waals surface area contributed by atoms with Crippen LogP contribution in [-0.2, 0) is 18.6 Å². The Morgan fingerprint density at radius 2 is 1.67 bits per heavy atom. The third-order valence-corrected chi connectivity index (χ3v) is 2.89. The molecule has 2 aliphatic rings. The molecule has 2 heterocycles. The van der Waals surface area contributed by atoms with Crippen molar-refractivity contribution in [1.29, 1.82) is 0 Å². The van der Waals surface area contributed by atoms with Crippen molar-refractivity contribution in [2.24, 2.45) is 0 Å². The average Bonchev–Trinajstić information content (AvgIpc) is 2.78. The Hall–Kier alpha value is -0.0301. The topological polar surface area (TPSA) is 36.9 Å². The third kappa shape index (κ3) is 2.75. The lowest BCUT2D eigenvalue weighted by atomic mass is 9.83. The first-order valence-corrected chi connectivity index (χ1v) is 5.87. The van der Waals surface area contributed by atoms with Crippen LogP contribution < -0.4 is 0 Å². The molecule has 6 heteroatoms. The minimum atomic E-state index is -0.0620. The SMILES string of the molecule is CCB1OCCC(C2COB(CC)O2)O1. The molecule has 2 atom stereocenters. The van der Waals surface area contributed by atoms with Crippen LogP contribution in [0.3, 0.4) is 0 Å². The van der Waals surface area contributed by atoms with Crippen LogP contribution in [0, 0.1) is 0 Å². The fourth-order valence-corrected chi connectivity index (χ4v) is 1.99. The molecule has 0 bridgehead atoms. The molecule has 0 aliphatic carbocycles. The first-order chi connectivity index (χ1) is 7.33. The van der Waals surface area contributed by atoms with Gasteiger partial charge in [0.05, 0.1) is 18.8 Å². The lowest BCUT2D eigenvalue weighted by Gasteiger charge is -2.31. The lowest BCUT2D eigenvalue weighted by Crippen LogP contribution is -2.43. The van der Waals surface area contributed by atoms with E-state index in [2.05, 4.69) is 13.8 Å². The fraction of sp³-hybridized carbons (Fsp3) is 1.00. The zero-order chi connectivity index (χ0) is 10.7. The summed E-state index contributed by atoms with van der Waals surface area (Å²) in [5.74, 6) is 0. The molecule has 0 aromatic carbocycles. The molecule has 0 saturated carbocycles. The van der Waals surface area contributed by atoms with Gasteiger partial charge < -0.3 is 18.6 Å². The van der Waals surface area contributed by atoms with E-state index in [0.717, 1.165) is 25.7 Å². The van der Waals surface area contributed by atoms with E-state index in [0.29, 0.717) is 6.61 Å². The van der Waals surface area contributed by atoms with Gasteiger partial charge in [-0.05, 0) is 19.1 Å². The molecule has 0 aromatic rings. The molecule has 0 spiro atoms. The highest BCUT2D eigenvalue weighted by Crippen LogP contribution is 2.22. The van der Waals surface area contributed by atoms with Gasteiger partial charge in [0.25, 0.3) is 0 Å². The molecule has 2 aliphatic heterocycles. The van der Waals surface area contributed by atoms with Crippen LogP contribution in [0.2, 0.25) is 12.6 Å². The van der Waals surface area contributed by atoms with Crippen LogP contribution >= 0.6 is 0 Å². The quantitative estimate of drug-likeness (QED) is 0.659. The van der Waals surface area contributed by atoms with Crippen molar-refractivity contribution in [3.63, 3.8) is 0 Å². The third-order valence-electron chi connectivity index (χ3n) is 2.89. The first kappa shape index (κ1) is 11.5. The van der Waals surface area contributed by atoms with Crippen LogP contribution in [-0.4, -0.2) is 39.7 Å². The maximum Gasteiger partial charge on any atom is 0.457 e. The van der Waals surface area contributed by atoms with Gasteiger partial charge in [0.1, 0.15) is 0 Å². The summed E-state index contributed by atoms with van der Waals surface area (Å²) in [6.45, 7) is 5.54. The van der Waals surface area contributed by atoms with Gasteiger partial charge in [0.2, 0.25) is 0 Å². The predicted octanol–water partition coefficient (Wildman–Crippen LogP) is 1.22. The van der Waals surface area contributed by atoms with E-state index < -0.39 is 0 Å². The van der Waals surface area contributed by atoms with Crippen molar-refractivity contribution in [1.82, 2.24) is 0 Å². The first-order valence-electron chi connectivity index (χ1n) is 5.87. The molecule has 84 valence electrons. The minimum absolute atomic E-state index is 0.0403. The van der Waals surface area contributed by atoms with E-state index in [9.17, 15) is 0 Å². The van der Waals surface area contributed by atoms with Gasteiger partial charge in [0.15, 0.2) is 0 Å². The van der Waals surface area contributed by atoms with Crippen molar-refractivity contribution in [2.75, 3.05) is 13.2 Å². The number of rotatable bonds is 3. The van der Waals surface area contributed by atoms with E-state index >= 15 is 0 Å². The molecular formula is C9H18B2O4. The summed E-state index contributed by atoms with van der Waals surface area (Å²) in [6.07, 6.45) is 2.92. The largest absolute Gasteiger partial charge is 0.457 e. The highest BCUT2D eigenvalue weighted by molar-refractivity contribution is 6.45. The maximum atomic E-state index is 5.79. The van der Waals surface area contributed by atoms with Crippen molar-refractivity contribution < 1.29 is 18.6 Å². The average molecular weight is 212 g/mol.